The molecule has 0 atom stereocenters. The molecule has 0 aliphatic carbocycles. The molecule has 3 aromatic carbocycles. The second kappa shape index (κ2) is 11.8. The quantitative estimate of drug-likeness (QED) is 0.137. The number of nitrogens with zero attached hydrogens (tertiary/aromatic N) is 2. The van der Waals surface area contributed by atoms with Crippen LogP contribution in [0.1, 0.15) is 29.0 Å². The van der Waals surface area contributed by atoms with Gasteiger partial charge in [-0.15, -0.1) is 54.1 Å². The summed E-state index contributed by atoms with van der Waals surface area (Å²) in [6.45, 7) is -0.577. The van der Waals surface area contributed by atoms with Gasteiger partial charge < -0.3 is 14.4 Å². The number of hydrogen-bond acceptors (Lipinski definition) is 3. The average Bonchev–Trinajstić information content (AvgIpc) is 3.38. The fourth-order valence-electron chi connectivity index (χ4n) is 4.07. The summed E-state index contributed by atoms with van der Waals surface area (Å²) in [5, 5.41) is 2.76. The number of fused-ring (bicyclic) bond motifs is 3. The molecule has 0 saturated heterocycles. The maximum atomic E-state index is 7.75. The molecule has 0 aliphatic heterocycles. The smallest absolute Gasteiger partial charge is 0.121 e. The maximum absolute atomic E-state index is 7.75. The molecule has 0 bridgehead atoms. The Balaban J connectivity index is 0.000000258. The Morgan fingerprint density at radius 3 is 2.31 bits per heavy atom. The molecule has 1 radical (unpaired) electrons. The van der Waals surface area contributed by atoms with E-state index >= 15 is 0 Å². The summed E-state index contributed by atoms with van der Waals surface area (Å²) in [6, 6.07) is 27.6. The molecule has 0 spiro atoms. The fourth-order valence-corrected chi connectivity index (χ4v) is 5.11. The SMILES string of the molecule is C[Si](C)(C)c1ccc(-c2[c-]cccc2)nc1.[2H]C([2H])([2H])c1ccc2c(c1)oc1c(-c3cc(C([2H])([2H])[2H])c(C([2H])([2H])[2H])cn3)[c-]ccc12.[Ir]. The van der Waals surface area contributed by atoms with Crippen LogP contribution >= 0.6 is 0 Å². The van der Waals surface area contributed by atoms with Gasteiger partial charge >= 0.3 is 0 Å². The number of benzene rings is 3. The Hall–Kier alpha value is -3.37. The van der Waals surface area contributed by atoms with E-state index in [0.717, 1.165) is 17.5 Å². The molecule has 6 rings (SSSR count). The van der Waals surface area contributed by atoms with Crippen molar-refractivity contribution in [2.24, 2.45) is 0 Å². The topological polar surface area (TPSA) is 38.9 Å². The predicted molar refractivity (Wildman–Crippen MR) is 161 cm³/mol. The molecular formula is C34H32IrN2OSi-2. The molecule has 3 nitrogen and oxygen atoms in total. The molecule has 0 N–H and O–H groups in total. The van der Waals surface area contributed by atoms with Gasteiger partial charge in [0.15, 0.2) is 0 Å². The monoisotopic (exact) mass is 714 g/mol. The van der Waals surface area contributed by atoms with Gasteiger partial charge in [0.2, 0.25) is 0 Å². The molecule has 0 aliphatic rings. The van der Waals surface area contributed by atoms with E-state index in [4.69, 9.17) is 16.8 Å². The molecule has 0 fully saturated rings. The van der Waals surface area contributed by atoms with Crippen molar-refractivity contribution < 1.29 is 36.9 Å². The number of rotatable bonds is 3. The molecule has 0 unspecified atom stereocenters. The summed E-state index contributed by atoms with van der Waals surface area (Å²) in [6.07, 6.45) is 3.06. The molecule has 0 amide bonds. The number of furan rings is 1. The summed E-state index contributed by atoms with van der Waals surface area (Å²) >= 11 is 0. The zero-order chi connectivity index (χ0) is 34.4. The molecule has 3 heterocycles. The van der Waals surface area contributed by atoms with Gasteiger partial charge in [-0.2, -0.15) is 0 Å². The normalized spacial score (nSPS) is 15.5. The average molecular weight is 714 g/mol. The first-order valence-electron chi connectivity index (χ1n) is 16.7. The Morgan fingerprint density at radius 2 is 1.62 bits per heavy atom. The van der Waals surface area contributed by atoms with Crippen molar-refractivity contribution in [3.8, 4) is 22.5 Å². The van der Waals surface area contributed by atoms with Crippen LogP contribution < -0.4 is 5.19 Å². The van der Waals surface area contributed by atoms with Crippen LogP contribution in [-0.2, 0) is 20.1 Å². The molecule has 0 saturated carbocycles. The first kappa shape index (κ1) is 18.8. The van der Waals surface area contributed by atoms with Crippen molar-refractivity contribution in [3.05, 3.63) is 114 Å². The Bertz CT molecular complexity index is 2030. The van der Waals surface area contributed by atoms with Crippen LogP contribution in [0.3, 0.4) is 0 Å². The number of hydrogen-bond donors (Lipinski definition) is 0. The summed E-state index contributed by atoms with van der Waals surface area (Å²) in [7, 11) is -1.23. The Morgan fingerprint density at radius 1 is 0.769 bits per heavy atom. The molecule has 6 aromatic rings. The minimum absolute atomic E-state index is 0. The van der Waals surface area contributed by atoms with E-state index < -0.39 is 28.6 Å². The maximum Gasteiger partial charge on any atom is 0.121 e. The van der Waals surface area contributed by atoms with E-state index in [9.17, 15) is 0 Å². The van der Waals surface area contributed by atoms with Crippen molar-refractivity contribution in [1.82, 2.24) is 9.97 Å². The van der Waals surface area contributed by atoms with Gasteiger partial charge in [0.1, 0.15) is 5.58 Å². The summed E-state index contributed by atoms with van der Waals surface area (Å²) in [5.74, 6) is 0. The third kappa shape index (κ3) is 6.28. The van der Waals surface area contributed by atoms with E-state index in [1.165, 1.54) is 23.4 Å². The molecular weight excluding hydrogens is 673 g/mol. The van der Waals surface area contributed by atoms with Crippen LogP contribution in [0.15, 0.2) is 89.6 Å². The third-order valence-corrected chi connectivity index (χ3v) is 8.24. The zero-order valence-electron chi connectivity index (χ0n) is 30.7. The Labute approximate surface area is 258 Å². The van der Waals surface area contributed by atoms with Gasteiger partial charge in [0, 0.05) is 50.2 Å². The third-order valence-electron chi connectivity index (χ3n) is 6.21. The van der Waals surface area contributed by atoms with Crippen LogP contribution in [0.25, 0.3) is 44.5 Å². The minimum Gasteiger partial charge on any atom is -0.501 e. The molecule has 3 aromatic heterocycles. The van der Waals surface area contributed by atoms with Crippen molar-refractivity contribution in [2.75, 3.05) is 0 Å². The molecule has 39 heavy (non-hydrogen) atoms. The molecule has 5 heteroatoms. The van der Waals surface area contributed by atoms with Crippen LogP contribution in [0, 0.1) is 32.7 Å². The molecule has 199 valence electrons. The van der Waals surface area contributed by atoms with Crippen molar-refractivity contribution in [3.63, 3.8) is 0 Å². The predicted octanol–water partition coefficient (Wildman–Crippen LogP) is 8.46. The zero-order valence-corrected chi connectivity index (χ0v) is 25.1. The summed E-state index contributed by atoms with van der Waals surface area (Å²) < 4.78 is 74.8. The van der Waals surface area contributed by atoms with Gasteiger partial charge in [0.25, 0.3) is 0 Å². The largest absolute Gasteiger partial charge is 0.501 e. The van der Waals surface area contributed by atoms with E-state index in [1.807, 2.05) is 30.5 Å². The first-order valence-corrected chi connectivity index (χ1v) is 15.7. The first-order chi connectivity index (χ1) is 21.8. The van der Waals surface area contributed by atoms with Gasteiger partial charge in [-0.05, 0) is 54.3 Å². The van der Waals surface area contributed by atoms with E-state index in [2.05, 4.69) is 53.9 Å². The number of aryl methyl sites for hydroxylation is 3. The van der Waals surface area contributed by atoms with Crippen LogP contribution in [0.2, 0.25) is 19.6 Å². The van der Waals surface area contributed by atoms with E-state index in [1.54, 1.807) is 18.2 Å². The van der Waals surface area contributed by atoms with Gasteiger partial charge in [-0.3, -0.25) is 0 Å². The second-order valence-electron chi connectivity index (χ2n) is 9.98. The van der Waals surface area contributed by atoms with E-state index in [-0.39, 0.29) is 42.5 Å². The summed E-state index contributed by atoms with van der Waals surface area (Å²) in [5.41, 5.74) is 2.80. The van der Waals surface area contributed by atoms with E-state index in [0.29, 0.717) is 27.5 Å². The number of aromatic nitrogens is 2. The van der Waals surface area contributed by atoms with Crippen LogP contribution in [0.5, 0.6) is 0 Å². The Kier molecular flexibility index (Phi) is 5.69. The second-order valence-corrected chi connectivity index (χ2v) is 15.1. The van der Waals surface area contributed by atoms with Gasteiger partial charge in [-0.25, -0.2) is 0 Å². The van der Waals surface area contributed by atoms with Crippen LogP contribution in [-0.4, -0.2) is 18.0 Å². The summed E-state index contributed by atoms with van der Waals surface area (Å²) in [4.78, 5) is 8.69. The van der Waals surface area contributed by atoms with Crippen LogP contribution in [0.4, 0.5) is 0 Å². The van der Waals surface area contributed by atoms with Gasteiger partial charge in [0.05, 0.1) is 13.7 Å². The van der Waals surface area contributed by atoms with Crippen molar-refractivity contribution in [1.29, 1.82) is 0 Å². The van der Waals surface area contributed by atoms with Crippen molar-refractivity contribution in [2.45, 2.75) is 40.2 Å². The van der Waals surface area contributed by atoms with Crippen molar-refractivity contribution >= 4 is 35.2 Å². The minimum atomic E-state index is -2.65. The number of pyridine rings is 2. The van der Waals surface area contributed by atoms with Gasteiger partial charge in [-0.1, -0.05) is 66.5 Å². The fraction of sp³-hybridized carbons (Fsp3) is 0.176. The standard InChI is InChI=1S/C20H16NO.C14H16NSi.Ir/c1-12-7-8-15-16-5-4-6-17(20(16)22-19(15)9-12)18-10-13(2)14(3)11-21-18;1-16(2,3)13-9-10-14(15-11-13)12-7-5-4-6-8-12;/h4-5,7-11H,1-3H3;4-7,9-11H,1-3H3;/q2*-1;/i1D3,2D3,3D3;;.